The highest BCUT2D eigenvalue weighted by molar-refractivity contribution is 8.00. The number of rotatable bonds is 4. The van der Waals surface area contributed by atoms with Crippen molar-refractivity contribution in [2.45, 2.75) is 31.6 Å². The highest BCUT2D eigenvalue weighted by atomic mass is 32.2. The largest absolute Gasteiger partial charge is 0.480 e. The van der Waals surface area contributed by atoms with Crippen molar-refractivity contribution >= 4 is 35.2 Å². The molecule has 0 bridgehead atoms. The molecule has 1 heterocycles. The molecule has 1 aromatic rings. The summed E-state index contributed by atoms with van der Waals surface area (Å²) in [4.78, 5) is 34.7. The molecule has 3 N–H and O–H groups in total. The number of carbonyl (C=O) groups excluding carboxylic acids is 2. The van der Waals surface area contributed by atoms with E-state index in [1.807, 2.05) is 32.0 Å². The van der Waals surface area contributed by atoms with Gasteiger partial charge in [-0.15, -0.1) is 11.8 Å². The number of amides is 2. The van der Waals surface area contributed by atoms with Crippen molar-refractivity contribution in [3.8, 4) is 0 Å². The summed E-state index contributed by atoms with van der Waals surface area (Å²) in [6.07, 6.45) is 0.0236. The summed E-state index contributed by atoms with van der Waals surface area (Å²) in [5.41, 5.74) is 2.91. The molecule has 1 aliphatic heterocycles. The van der Waals surface area contributed by atoms with Crippen molar-refractivity contribution in [1.29, 1.82) is 0 Å². The lowest BCUT2D eigenvalue weighted by atomic mass is 10.1. The number of hydrogen-bond acceptors (Lipinski definition) is 4. The van der Waals surface area contributed by atoms with Gasteiger partial charge in [0.1, 0.15) is 6.04 Å². The molecule has 0 aromatic heterocycles. The van der Waals surface area contributed by atoms with Crippen LogP contribution in [0.1, 0.15) is 17.5 Å². The Balaban J connectivity index is 1.91. The van der Waals surface area contributed by atoms with E-state index in [9.17, 15) is 14.4 Å². The normalized spacial score (nSPS) is 21.1. The van der Waals surface area contributed by atoms with Crippen LogP contribution in [0, 0.1) is 13.8 Å². The zero-order valence-corrected chi connectivity index (χ0v) is 13.2. The van der Waals surface area contributed by atoms with E-state index in [4.69, 9.17) is 5.11 Å². The fourth-order valence-electron chi connectivity index (χ4n) is 2.08. The van der Waals surface area contributed by atoms with Gasteiger partial charge in [-0.25, -0.2) is 4.79 Å². The number of hydrogen-bond donors (Lipinski definition) is 3. The van der Waals surface area contributed by atoms with Crippen molar-refractivity contribution in [2.24, 2.45) is 0 Å². The number of aryl methyl sites for hydroxylation is 2. The number of aliphatic carboxylic acids is 1. The summed E-state index contributed by atoms with van der Waals surface area (Å²) in [5, 5.41) is 13.5. The number of nitrogens with one attached hydrogen (secondary N) is 2. The lowest BCUT2D eigenvalue weighted by molar-refractivity contribution is -0.141. The molecular formula is C15H18N2O4S. The molecule has 118 valence electrons. The number of carboxylic acid groups (broad SMARTS) is 1. The van der Waals surface area contributed by atoms with Crippen molar-refractivity contribution in [3.63, 3.8) is 0 Å². The molecule has 0 aliphatic carbocycles. The fourth-order valence-corrected chi connectivity index (χ4v) is 3.22. The summed E-state index contributed by atoms with van der Waals surface area (Å²) in [5.74, 6) is -1.45. The average molecular weight is 322 g/mol. The standard InChI is InChI=1S/C15H18N2O4S/c1-8-3-4-10(5-9(8)2)16-13(18)6-12-14(19)17-11(7-22-12)15(20)21/h3-5,11-12H,6-7H2,1-2H3,(H,16,18)(H,17,19)(H,20,21). The molecule has 22 heavy (non-hydrogen) atoms. The predicted octanol–water partition coefficient (Wildman–Crippen LogP) is 1.32. The van der Waals surface area contributed by atoms with Gasteiger partial charge in [0, 0.05) is 17.9 Å². The van der Waals surface area contributed by atoms with Crippen molar-refractivity contribution in [2.75, 3.05) is 11.1 Å². The van der Waals surface area contributed by atoms with Crippen LogP contribution in [0.4, 0.5) is 5.69 Å². The fraction of sp³-hybridized carbons (Fsp3) is 0.400. The van der Waals surface area contributed by atoms with Crippen LogP contribution >= 0.6 is 11.8 Å². The second-order valence-corrected chi connectivity index (χ2v) is 6.51. The lowest BCUT2D eigenvalue weighted by Crippen LogP contribution is -2.51. The van der Waals surface area contributed by atoms with E-state index in [0.717, 1.165) is 11.1 Å². The van der Waals surface area contributed by atoms with Gasteiger partial charge in [-0.1, -0.05) is 6.07 Å². The number of carboxylic acids is 1. The Morgan fingerprint density at radius 2 is 2.09 bits per heavy atom. The van der Waals surface area contributed by atoms with Crippen LogP contribution in [0.15, 0.2) is 18.2 Å². The minimum atomic E-state index is -1.06. The van der Waals surface area contributed by atoms with Crippen molar-refractivity contribution < 1.29 is 19.5 Å². The van der Waals surface area contributed by atoms with E-state index in [2.05, 4.69) is 10.6 Å². The van der Waals surface area contributed by atoms with E-state index in [1.54, 1.807) is 0 Å². The molecule has 1 fully saturated rings. The Morgan fingerprint density at radius 3 is 2.68 bits per heavy atom. The molecule has 2 rings (SSSR count). The molecule has 2 atom stereocenters. The number of carbonyl (C=O) groups is 3. The molecule has 0 radical (unpaired) electrons. The molecule has 0 spiro atoms. The van der Waals surface area contributed by atoms with E-state index >= 15 is 0 Å². The van der Waals surface area contributed by atoms with Crippen LogP contribution in [0.3, 0.4) is 0 Å². The number of benzene rings is 1. The van der Waals surface area contributed by atoms with E-state index in [1.165, 1.54) is 11.8 Å². The van der Waals surface area contributed by atoms with E-state index in [-0.39, 0.29) is 18.1 Å². The second kappa shape index (κ2) is 6.83. The van der Waals surface area contributed by atoms with Gasteiger partial charge in [-0.2, -0.15) is 0 Å². The highest BCUT2D eigenvalue weighted by Gasteiger charge is 2.33. The summed E-state index contributed by atoms with van der Waals surface area (Å²) >= 11 is 1.20. The van der Waals surface area contributed by atoms with Crippen LogP contribution < -0.4 is 10.6 Å². The zero-order valence-electron chi connectivity index (χ0n) is 12.4. The lowest BCUT2D eigenvalue weighted by Gasteiger charge is -2.25. The van der Waals surface area contributed by atoms with Gasteiger partial charge < -0.3 is 15.7 Å². The molecule has 1 aromatic carbocycles. The topological polar surface area (TPSA) is 95.5 Å². The molecule has 1 saturated heterocycles. The van der Waals surface area contributed by atoms with Gasteiger partial charge in [-0.05, 0) is 37.1 Å². The van der Waals surface area contributed by atoms with Crippen LogP contribution in [0.5, 0.6) is 0 Å². The predicted molar refractivity (Wildman–Crippen MR) is 85.0 cm³/mol. The molecule has 1 aliphatic rings. The van der Waals surface area contributed by atoms with Crippen molar-refractivity contribution in [1.82, 2.24) is 5.32 Å². The Hall–Kier alpha value is -2.02. The van der Waals surface area contributed by atoms with Gasteiger partial charge >= 0.3 is 5.97 Å². The Kier molecular flexibility index (Phi) is 5.07. The van der Waals surface area contributed by atoms with E-state index < -0.39 is 23.2 Å². The SMILES string of the molecule is Cc1ccc(NC(=O)CC2SCC(C(=O)O)NC2=O)cc1C. The minimum Gasteiger partial charge on any atom is -0.480 e. The van der Waals surface area contributed by atoms with Crippen molar-refractivity contribution in [3.05, 3.63) is 29.3 Å². The van der Waals surface area contributed by atoms with Gasteiger partial charge in [0.05, 0.1) is 5.25 Å². The second-order valence-electron chi connectivity index (χ2n) is 5.27. The molecule has 7 heteroatoms. The van der Waals surface area contributed by atoms with Gasteiger partial charge in [0.2, 0.25) is 11.8 Å². The average Bonchev–Trinajstić information content (AvgIpc) is 2.45. The number of thioether (sulfide) groups is 1. The first-order chi connectivity index (χ1) is 10.4. The van der Waals surface area contributed by atoms with Gasteiger partial charge in [-0.3, -0.25) is 9.59 Å². The molecule has 6 nitrogen and oxygen atoms in total. The Morgan fingerprint density at radius 1 is 1.36 bits per heavy atom. The zero-order chi connectivity index (χ0) is 16.3. The van der Waals surface area contributed by atoms with Gasteiger partial charge in [0.15, 0.2) is 0 Å². The summed E-state index contributed by atoms with van der Waals surface area (Å²) in [7, 11) is 0. The smallest absolute Gasteiger partial charge is 0.327 e. The van der Waals surface area contributed by atoms with E-state index in [0.29, 0.717) is 5.69 Å². The van der Waals surface area contributed by atoms with Crippen LogP contribution in [0.25, 0.3) is 0 Å². The monoisotopic (exact) mass is 322 g/mol. The first-order valence-electron chi connectivity index (χ1n) is 6.88. The summed E-state index contributed by atoms with van der Waals surface area (Å²) < 4.78 is 0. The third kappa shape index (κ3) is 4.00. The first-order valence-corrected chi connectivity index (χ1v) is 7.93. The molecule has 2 amide bonds. The quantitative estimate of drug-likeness (QED) is 0.777. The third-order valence-corrected chi connectivity index (χ3v) is 4.84. The Labute approximate surface area is 132 Å². The van der Waals surface area contributed by atoms with Crippen LogP contribution in [0.2, 0.25) is 0 Å². The number of anilines is 1. The van der Waals surface area contributed by atoms with Crippen LogP contribution in [-0.4, -0.2) is 39.9 Å². The molecule has 0 saturated carbocycles. The van der Waals surface area contributed by atoms with Gasteiger partial charge in [0.25, 0.3) is 0 Å². The molecular weight excluding hydrogens is 304 g/mol. The summed E-state index contributed by atoms with van der Waals surface area (Å²) in [6, 6.07) is 4.73. The summed E-state index contributed by atoms with van der Waals surface area (Å²) in [6.45, 7) is 3.95. The maximum atomic E-state index is 12.0. The maximum Gasteiger partial charge on any atom is 0.327 e. The molecule has 2 unspecified atom stereocenters. The first kappa shape index (κ1) is 16.4. The Bertz CT molecular complexity index is 618. The maximum absolute atomic E-state index is 12.0. The third-order valence-electron chi connectivity index (χ3n) is 3.53. The van der Waals surface area contributed by atoms with Crippen LogP contribution in [-0.2, 0) is 14.4 Å². The minimum absolute atomic E-state index is 0.0236. The highest BCUT2D eigenvalue weighted by Crippen LogP contribution is 2.22.